The highest BCUT2D eigenvalue weighted by Crippen LogP contribution is 2.20. The SMILES string of the molecule is O=c1c2ccccc2ncn1C1C=CCCC1. The van der Waals surface area contributed by atoms with Crippen molar-refractivity contribution in [2.24, 2.45) is 0 Å². The van der Waals surface area contributed by atoms with Gasteiger partial charge in [0.25, 0.3) is 5.56 Å². The summed E-state index contributed by atoms with van der Waals surface area (Å²) in [4.78, 5) is 16.7. The Hall–Kier alpha value is -1.90. The van der Waals surface area contributed by atoms with Crippen LogP contribution >= 0.6 is 0 Å². The monoisotopic (exact) mass is 226 g/mol. The Morgan fingerprint density at radius 1 is 1.29 bits per heavy atom. The van der Waals surface area contributed by atoms with E-state index in [9.17, 15) is 4.79 Å². The van der Waals surface area contributed by atoms with E-state index in [0.717, 1.165) is 24.8 Å². The van der Waals surface area contributed by atoms with Gasteiger partial charge >= 0.3 is 0 Å². The fraction of sp³-hybridized carbons (Fsp3) is 0.286. The van der Waals surface area contributed by atoms with E-state index in [1.54, 1.807) is 10.9 Å². The highest BCUT2D eigenvalue weighted by Gasteiger charge is 2.13. The van der Waals surface area contributed by atoms with Gasteiger partial charge in [0.1, 0.15) is 0 Å². The zero-order valence-electron chi connectivity index (χ0n) is 9.54. The molecule has 1 aliphatic rings. The summed E-state index contributed by atoms with van der Waals surface area (Å²) in [6, 6.07) is 7.67. The first-order valence-corrected chi connectivity index (χ1v) is 5.99. The van der Waals surface area contributed by atoms with Crippen molar-refractivity contribution in [3.63, 3.8) is 0 Å². The average Bonchev–Trinajstić information content (AvgIpc) is 2.40. The molecule has 86 valence electrons. The predicted molar refractivity (Wildman–Crippen MR) is 68.0 cm³/mol. The molecule has 1 aliphatic carbocycles. The lowest BCUT2D eigenvalue weighted by atomic mass is 10.0. The second-order valence-corrected chi connectivity index (χ2v) is 4.40. The van der Waals surface area contributed by atoms with Crippen LogP contribution in [0.5, 0.6) is 0 Å². The minimum Gasteiger partial charge on any atom is -0.292 e. The van der Waals surface area contributed by atoms with Crippen molar-refractivity contribution >= 4 is 10.9 Å². The Kier molecular flexibility index (Phi) is 2.52. The highest BCUT2D eigenvalue weighted by molar-refractivity contribution is 5.76. The fourth-order valence-corrected chi connectivity index (χ4v) is 2.35. The summed E-state index contributed by atoms with van der Waals surface area (Å²) in [5, 5.41) is 0.703. The molecule has 0 amide bonds. The largest absolute Gasteiger partial charge is 0.292 e. The lowest BCUT2D eigenvalue weighted by Crippen LogP contribution is -2.25. The molecule has 1 aromatic heterocycles. The minimum absolute atomic E-state index is 0.0622. The highest BCUT2D eigenvalue weighted by atomic mass is 16.1. The summed E-state index contributed by atoms with van der Waals surface area (Å²) >= 11 is 0. The first-order chi connectivity index (χ1) is 8.36. The fourth-order valence-electron chi connectivity index (χ4n) is 2.35. The third-order valence-corrected chi connectivity index (χ3v) is 3.28. The van der Waals surface area contributed by atoms with Gasteiger partial charge in [-0.15, -0.1) is 0 Å². The van der Waals surface area contributed by atoms with Gasteiger partial charge in [0.2, 0.25) is 0 Å². The molecule has 3 heteroatoms. The van der Waals surface area contributed by atoms with Crippen LogP contribution in [0.3, 0.4) is 0 Å². The summed E-state index contributed by atoms with van der Waals surface area (Å²) in [6.07, 6.45) is 9.21. The molecule has 3 nitrogen and oxygen atoms in total. The first-order valence-electron chi connectivity index (χ1n) is 5.99. The van der Waals surface area contributed by atoms with E-state index in [2.05, 4.69) is 17.1 Å². The van der Waals surface area contributed by atoms with E-state index >= 15 is 0 Å². The third-order valence-electron chi connectivity index (χ3n) is 3.28. The minimum atomic E-state index is 0.0622. The molecule has 0 saturated heterocycles. The predicted octanol–water partition coefficient (Wildman–Crippen LogP) is 2.68. The molecule has 1 aromatic carbocycles. The van der Waals surface area contributed by atoms with Gasteiger partial charge < -0.3 is 0 Å². The second-order valence-electron chi connectivity index (χ2n) is 4.40. The number of para-hydroxylation sites is 1. The summed E-state index contributed by atoms with van der Waals surface area (Å²) in [5.74, 6) is 0. The molecule has 2 aromatic rings. The molecule has 0 bridgehead atoms. The maximum absolute atomic E-state index is 12.3. The maximum Gasteiger partial charge on any atom is 0.261 e. The normalized spacial score (nSPS) is 19.6. The molecular weight excluding hydrogens is 212 g/mol. The number of allylic oxidation sites excluding steroid dienone is 2. The van der Waals surface area contributed by atoms with E-state index in [1.165, 1.54) is 0 Å². The van der Waals surface area contributed by atoms with E-state index in [0.29, 0.717) is 5.39 Å². The Bertz CT molecular complexity index is 627. The standard InChI is InChI=1S/C14H14N2O/c17-14-12-8-4-5-9-13(12)15-10-16(14)11-6-2-1-3-7-11/h2,4-6,8-11H,1,3,7H2. The maximum atomic E-state index is 12.3. The van der Waals surface area contributed by atoms with Gasteiger partial charge in [-0.2, -0.15) is 0 Å². The van der Waals surface area contributed by atoms with Crippen LogP contribution in [0.2, 0.25) is 0 Å². The summed E-state index contributed by atoms with van der Waals surface area (Å²) in [6.45, 7) is 0. The molecular formula is C14H14N2O. The summed E-state index contributed by atoms with van der Waals surface area (Å²) in [5.41, 5.74) is 0.834. The van der Waals surface area contributed by atoms with Crippen LogP contribution in [0.4, 0.5) is 0 Å². The molecule has 3 rings (SSSR count). The molecule has 0 N–H and O–H groups in total. The molecule has 0 radical (unpaired) electrons. The number of rotatable bonds is 1. The molecule has 1 unspecified atom stereocenters. The van der Waals surface area contributed by atoms with Gasteiger partial charge in [0, 0.05) is 0 Å². The number of hydrogen-bond acceptors (Lipinski definition) is 2. The molecule has 17 heavy (non-hydrogen) atoms. The lowest BCUT2D eigenvalue weighted by molar-refractivity contribution is 0.501. The van der Waals surface area contributed by atoms with Gasteiger partial charge in [-0.1, -0.05) is 24.3 Å². The van der Waals surface area contributed by atoms with E-state index in [-0.39, 0.29) is 11.6 Å². The first kappa shape index (κ1) is 10.3. The molecule has 0 aliphatic heterocycles. The smallest absolute Gasteiger partial charge is 0.261 e. The zero-order chi connectivity index (χ0) is 11.7. The summed E-state index contributed by atoms with van der Waals surface area (Å²) < 4.78 is 1.75. The molecule has 0 spiro atoms. The Balaban J connectivity index is 2.17. The van der Waals surface area contributed by atoms with E-state index in [1.807, 2.05) is 24.3 Å². The van der Waals surface area contributed by atoms with Crippen LogP contribution in [0, 0.1) is 0 Å². The van der Waals surface area contributed by atoms with Crippen LogP contribution < -0.4 is 5.56 Å². The van der Waals surface area contributed by atoms with Crippen molar-refractivity contribution in [1.29, 1.82) is 0 Å². The third kappa shape index (κ3) is 1.78. The average molecular weight is 226 g/mol. The van der Waals surface area contributed by atoms with Crippen molar-refractivity contribution < 1.29 is 0 Å². The van der Waals surface area contributed by atoms with Gasteiger partial charge in [0.05, 0.1) is 23.3 Å². The number of hydrogen-bond donors (Lipinski definition) is 0. The van der Waals surface area contributed by atoms with Gasteiger partial charge in [0.15, 0.2) is 0 Å². The van der Waals surface area contributed by atoms with Crippen molar-refractivity contribution in [2.75, 3.05) is 0 Å². The molecule has 1 heterocycles. The molecule has 1 atom stereocenters. The van der Waals surface area contributed by atoms with Gasteiger partial charge in [-0.25, -0.2) is 4.98 Å². The Morgan fingerprint density at radius 2 is 2.18 bits per heavy atom. The van der Waals surface area contributed by atoms with E-state index in [4.69, 9.17) is 0 Å². The van der Waals surface area contributed by atoms with Crippen molar-refractivity contribution in [1.82, 2.24) is 9.55 Å². The Morgan fingerprint density at radius 3 is 3.00 bits per heavy atom. The van der Waals surface area contributed by atoms with Crippen LogP contribution in [-0.2, 0) is 0 Å². The number of fused-ring (bicyclic) bond motifs is 1. The van der Waals surface area contributed by atoms with Crippen LogP contribution in [-0.4, -0.2) is 9.55 Å². The number of nitrogens with zero attached hydrogens (tertiary/aromatic N) is 2. The van der Waals surface area contributed by atoms with Crippen LogP contribution in [0.1, 0.15) is 25.3 Å². The molecule has 0 saturated carbocycles. The van der Waals surface area contributed by atoms with Crippen LogP contribution in [0.25, 0.3) is 10.9 Å². The zero-order valence-corrected chi connectivity index (χ0v) is 9.54. The number of aromatic nitrogens is 2. The van der Waals surface area contributed by atoms with Crippen molar-refractivity contribution in [2.45, 2.75) is 25.3 Å². The Labute approximate surface area is 99.4 Å². The molecule has 0 fully saturated rings. The summed E-state index contributed by atoms with van der Waals surface area (Å²) in [7, 11) is 0. The van der Waals surface area contributed by atoms with E-state index < -0.39 is 0 Å². The topological polar surface area (TPSA) is 34.9 Å². The number of benzene rings is 1. The van der Waals surface area contributed by atoms with Crippen molar-refractivity contribution in [3.05, 3.63) is 53.1 Å². The van der Waals surface area contributed by atoms with Gasteiger partial charge in [-0.3, -0.25) is 9.36 Å². The van der Waals surface area contributed by atoms with Crippen molar-refractivity contribution in [3.8, 4) is 0 Å². The second kappa shape index (κ2) is 4.17. The van der Waals surface area contributed by atoms with Gasteiger partial charge in [-0.05, 0) is 31.4 Å². The lowest BCUT2D eigenvalue weighted by Gasteiger charge is -2.18. The quantitative estimate of drug-likeness (QED) is 0.701. The van der Waals surface area contributed by atoms with Crippen LogP contribution in [0.15, 0.2) is 47.5 Å².